The van der Waals surface area contributed by atoms with Crippen LogP contribution in [0, 0.1) is 0 Å². The number of rotatable bonds is 0. The maximum absolute atomic E-state index is 2.42. The van der Waals surface area contributed by atoms with Crippen molar-refractivity contribution in [3.8, 4) is 0 Å². The molecule has 0 aromatic carbocycles. The minimum Gasteiger partial charge on any atom is -0.301 e. The molecule has 0 spiro atoms. The molecule has 0 bridgehead atoms. The zero-order chi connectivity index (χ0) is 8.20. The van der Waals surface area contributed by atoms with Crippen molar-refractivity contribution in [3.63, 3.8) is 0 Å². The number of hydrogen-bond acceptors (Lipinski definition) is 1. The highest BCUT2D eigenvalue weighted by Gasteiger charge is 2.27. The van der Waals surface area contributed by atoms with Gasteiger partial charge in [-0.2, -0.15) is 0 Å². The Balaban J connectivity index is 0.000000371. The third-order valence-electron chi connectivity index (χ3n) is 2.32. The molecule has 0 N–H and O–H groups in total. The van der Waals surface area contributed by atoms with Crippen LogP contribution in [0.15, 0.2) is 0 Å². The Kier molecular flexibility index (Phi) is 3.95. The van der Waals surface area contributed by atoms with E-state index in [-0.39, 0.29) is 0 Å². The van der Waals surface area contributed by atoms with Gasteiger partial charge in [-0.25, -0.2) is 0 Å². The van der Waals surface area contributed by atoms with Gasteiger partial charge < -0.3 is 4.90 Å². The molecule has 1 saturated heterocycles. The Morgan fingerprint density at radius 2 is 1.70 bits per heavy atom. The van der Waals surface area contributed by atoms with Gasteiger partial charge in [0.25, 0.3) is 0 Å². The van der Waals surface area contributed by atoms with E-state index in [4.69, 9.17) is 0 Å². The lowest BCUT2D eigenvalue weighted by molar-refractivity contribution is 0.218. The second kappa shape index (κ2) is 3.97. The molecule has 1 heteroatoms. The van der Waals surface area contributed by atoms with E-state index in [1.165, 1.54) is 19.4 Å². The van der Waals surface area contributed by atoms with Crippen LogP contribution in [0.25, 0.3) is 0 Å². The molecule has 0 aromatic heterocycles. The summed E-state index contributed by atoms with van der Waals surface area (Å²) >= 11 is 0. The van der Waals surface area contributed by atoms with Gasteiger partial charge in [-0.15, -0.1) is 0 Å². The Hall–Kier alpha value is -0.0400. The summed E-state index contributed by atoms with van der Waals surface area (Å²) in [6, 6.07) is 0. The monoisotopic (exact) mass is 143 g/mol. The average Bonchev–Trinajstić information content (AvgIpc) is 2.17. The molecule has 1 fully saturated rings. The molecule has 0 aliphatic carbocycles. The fourth-order valence-corrected chi connectivity index (χ4v) is 1.24. The van der Waals surface area contributed by atoms with Crippen LogP contribution in [0.1, 0.15) is 40.5 Å². The molecule has 62 valence electrons. The van der Waals surface area contributed by atoms with E-state index in [0.717, 1.165) is 0 Å². The second-order valence-electron chi connectivity index (χ2n) is 3.34. The highest BCUT2D eigenvalue weighted by Crippen LogP contribution is 2.25. The number of nitrogens with zero attached hydrogens (tertiary/aromatic N) is 1. The van der Waals surface area contributed by atoms with E-state index < -0.39 is 0 Å². The van der Waals surface area contributed by atoms with Crippen LogP contribution in [0.3, 0.4) is 0 Å². The van der Waals surface area contributed by atoms with Crippen molar-refractivity contribution in [2.45, 2.75) is 46.1 Å². The summed E-state index contributed by atoms with van der Waals surface area (Å²) in [7, 11) is 2.20. The molecule has 0 aromatic rings. The van der Waals surface area contributed by atoms with Gasteiger partial charge in [0.2, 0.25) is 0 Å². The molecule has 10 heavy (non-hydrogen) atoms. The first-order valence-corrected chi connectivity index (χ1v) is 4.34. The quantitative estimate of drug-likeness (QED) is 0.503. The minimum absolute atomic E-state index is 0.486. The van der Waals surface area contributed by atoms with E-state index in [1.807, 2.05) is 13.8 Å². The third kappa shape index (κ3) is 2.30. The summed E-state index contributed by atoms with van der Waals surface area (Å²) in [5, 5.41) is 0. The molecule has 1 heterocycles. The molecule has 1 nitrogen and oxygen atoms in total. The summed E-state index contributed by atoms with van der Waals surface area (Å²) in [4.78, 5) is 2.42. The van der Waals surface area contributed by atoms with E-state index in [9.17, 15) is 0 Å². The Morgan fingerprint density at radius 3 is 1.80 bits per heavy atom. The summed E-state index contributed by atoms with van der Waals surface area (Å²) in [6.07, 6.45) is 2.74. The minimum atomic E-state index is 0.486. The van der Waals surface area contributed by atoms with Crippen molar-refractivity contribution in [1.82, 2.24) is 4.90 Å². The van der Waals surface area contributed by atoms with E-state index in [2.05, 4.69) is 25.8 Å². The van der Waals surface area contributed by atoms with Gasteiger partial charge in [0.1, 0.15) is 0 Å². The van der Waals surface area contributed by atoms with Gasteiger partial charge in [-0.05, 0) is 40.3 Å². The maximum atomic E-state index is 2.42. The van der Waals surface area contributed by atoms with Crippen molar-refractivity contribution < 1.29 is 0 Å². The SMILES string of the molecule is CC.CN1CCCC1(C)C. The predicted molar refractivity (Wildman–Crippen MR) is 47.3 cm³/mol. The lowest BCUT2D eigenvalue weighted by Gasteiger charge is -2.26. The van der Waals surface area contributed by atoms with Crippen LogP contribution in [0.2, 0.25) is 0 Å². The summed E-state index contributed by atoms with van der Waals surface area (Å²) in [6.45, 7) is 9.90. The summed E-state index contributed by atoms with van der Waals surface area (Å²) < 4.78 is 0. The molecule has 0 unspecified atom stereocenters. The standard InChI is InChI=1S/C7H15N.C2H6/c1-7(2)5-4-6-8(7)3;1-2/h4-6H2,1-3H3;1-2H3. The first kappa shape index (κ1) is 9.96. The molecule has 1 rings (SSSR count). The molecule has 1 aliphatic rings. The zero-order valence-corrected chi connectivity index (χ0v) is 8.07. The van der Waals surface area contributed by atoms with Gasteiger partial charge in [0.05, 0.1) is 0 Å². The van der Waals surface area contributed by atoms with E-state index in [1.54, 1.807) is 0 Å². The van der Waals surface area contributed by atoms with Gasteiger partial charge in [0.15, 0.2) is 0 Å². The lowest BCUT2D eigenvalue weighted by atomic mass is 10.0. The lowest BCUT2D eigenvalue weighted by Crippen LogP contribution is -2.34. The van der Waals surface area contributed by atoms with Crippen LogP contribution in [0.5, 0.6) is 0 Å². The van der Waals surface area contributed by atoms with Crippen LogP contribution in [-0.2, 0) is 0 Å². The Labute approximate surface area is 65.4 Å². The third-order valence-corrected chi connectivity index (χ3v) is 2.32. The highest BCUT2D eigenvalue weighted by atomic mass is 15.2. The van der Waals surface area contributed by atoms with Crippen molar-refractivity contribution in [1.29, 1.82) is 0 Å². The number of likely N-dealkylation sites (tertiary alicyclic amines) is 1. The normalized spacial score (nSPS) is 23.7. The van der Waals surface area contributed by atoms with Crippen LogP contribution in [-0.4, -0.2) is 24.0 Å². The van der Waals surface area contributed by atoms with Crippen LogP contribution >= 0.6 is 0 Å². The fraction of sp³-hybridized carbons (Fsp3) is 1.00. The van der Waals surface area contributed by atoms with Crippen molar-refractivity contribution in [2.24, 2.45) is 0 Å². The van der Waals surface area contributed by atoms with E-state index >= 15 is 0 Å². The molecule has 0 atom stereocenters. The first-order valence-electron chi connectivity index (χ1n) is 4.34. The van der Waals surface area contributed by atoms with Crippen LogP contribution in [0.4, 0.5) is 0 Å². The Bertz CT molecular complexity index is 86.7. The Morgan fingerprint density at radius 1 is 1.20 bits per heavy atom. The summed E-state index contributed by atoms with van der Waals surface area (Å²) in [5.74, 6) is 0. The van der Waals surface area contributed by atoms with Crippen molar-refractivity contribution >= 4 is 0 Å². The average molecular weight is 143 g/mol. The predicted octanol–water partition coefficient (Wildman–Crippen LogP) is 2.52. The molecule has 1 aliphatic heterocycles. The van der Waals surface area contributed by atoms with Crippen molar-refractivity contribution in [2.75, 3.05) is 13.6 Å². The molecular formula is C9H21N. The highest BCUT2D eigenvalue weighted by molar-refractivity contribution is 4.84. The molecule has 0 amide bonds. The summed E-state index contributed by atoms with van der Waals surface area (Å²) in [5.41, 5.74) is 0.486. The van der Waals surface area contributed by atoms with Gasteiger partial charge in [0, 0.05) is 5.54 Å². The van der Waals surface area contributed by atoms with E-state index in [0.29, 0.717) is 5.54 Å². The largest absolute Gasteiger partial charge is 0.301 e. The smallest absolute Gasteiger partial charge is 0.0150 e. The zero-order valence-electron chi connectivity index (χ0n) is 8.07. The second-order valence-corrected chi connectivity index (χ2v) is 3.34. The number of hydrogen-bond donors (Lipinski definition) is 0. The fourth-order valence-electron chi connectivity index (χ4n) is 1.24. The molecular weight excluding hydrogens is 122 g/mol. The maximum Gasteiger partial charge on any atom is 0.0150 e. The van der Waals surface area contributed by atoms with Gasteiger partial charge in [-0.1, -0.05) is 13.8 Å². The molecule has 0 radical (unpaired) electrons. The van der Waals surface area contributed by atoms with Crippen LogP contribution < -0.4 is 0 Å². The molecule has 0 saturated carbocycles. The topological polar surface area (TPSA) is 3.24 Å². The van der Waals surface area contributed by atoms with Gasteiger partial charge >= 0.3 is 0 Å². The first-order chi connectivity index (χ1) is 4.63. The van der Waals surface area contributed by atoms with Crippen molar-refractivity contribution in [3.05, 3.63) is 0 Å². The van der Waals surface area contributed by atoms with Gasteiger partial charge in [-0.3, -0.25) is 0 Å².